The molecule has 1 atom stereocenters. The summed E-state index contributed by atoms with van der Waals surface area (Å²) in [5.41, 5.74) is 0.246. The highest BCUT2D eigenvalue weighted by Crippen LogP contribution is 2.35. The molecule has 0 spiro atoms. The molecule has 2 amide bonds. The van der Waals surface area contributed by atoms with E-state index in [-0.39, 0.29) is 31.7 Å². The number of hydrogen-bond acceptors (Lipinski definition) is 5. The van der Waals surface area contributed by atoms with Gasteiger partial charge in [-0.2, -0.15) is 0 Å². The molecule has 7 nitrogen and oxygen atoms in total. The van der Waals surface area contributed by atoms with E-state index in [4.69, 9.17) is 9.47 Å². The largest absolute Gasteiger partial charge is 0.466 e. The van der Waals surface area contributed by atoms with Crippen LogP contribution in [-0.4, -0.2) is 55.7 Å². The lowest BCUT2D eigenvalue weighted by Crippen LogP contribution is -2.54. The number of carbonyl (C=O) groups excluding carboxylic acids is 3. The molecule has 0 saturated carbocycles. The van der Waals surface area contributed by atoms with Gasteiger partial charge in [-0.15, -0.1) is 0 Å². The maximum Gasteiger partial charge on any atom is 0.325 e. The van der Waals surface area contributed by atoms with Crippen molar-refractivity contribution in [1.29, 1.82) is 0 Å². The summed E-state index contributed by atoms with van der Waals surface area (Å²) in [5, 5.41) is 2.57. The lowest BCUT2D eigenvalue weighted by molar-refractivity contribution is -0.158. The molecule has 1 aromatic carbocycles. The molecule has 0 unspecified atom stereocenters. The van der Waals surface area contributed by atoms with Crippen molar-refractivity contribution in [1.82, 2.24) is 10.2 Å². The van der Waals surface area contributed by atoms with Crippen LogP contribution in [0.2, 0.25) is 0 Å². The Morgan fingerprint density at radius 1 is 1.11 bits per heavy atom. The molecule has 1 aliphatic heterocycles. The minimum absolute atomic E-state index is 0.186. The van der Waals surface area contributed by atoms with Gasteiger partial charge in [0, 0.05) is 13.1 Å². The highest BCUT2D eigenvalue weighted by atomic mass is 16.5. The first-order valence-corrected chi connectivity index (χ1v) is 9.40. The third-order valence-corrected chi connectivity index (χ3v) is 4.65. The summed E-state index contributed by atoms with van der Waals surface area (Å²) in [4.78, 5) is 38.3. The predicted molar refractivity (Wildman–Crippen MR) is 100 cm³/mol. The van der Waals surface area contributed by atoms with E-state index in [9.17, 15) is 14.4 Å². The zero-order valence-electron chi connectivity index (χ0n) is 16.0. The second-order valence-corrected chi connectivity index (χ2v) is 6.65. The summed E-state index contributed by atoms with van der Waals surface area (Å²) in [6, 6.07) is 9.36. The second-order valence-electron chi connectivity index (χ2n) is 6.65. The van der Waals surface area contributed by atoms with Crippen LogP contribution in [0.4, 0.5) is 4.79 Å². The smallest absolute Gasteiger partial charge is 0.325 e. The first kappa shape index (κ1) is 20.7. The first-order chi connectivity index (χ1) is 13.0. The van der Waals surface area contributed by atoms with Crippen LogP contribution in [-0.2, 0) is 25.5 Å². The highest BCUT2D eigenvalue weighted by molar-refractivity contribution is 5.83. The Morgan fingerprint density at radius 2 is 1.81 bits per heavy atom. The molecular weight excluding hydrogens is 348 g/mol. The molecule has 1 heterocycles. The van der Waals surface area contributed by atoms with Crippen LogP contribution in [0.1, 0.15) is 32.3 Å². The molecule has 148 valence electrons. The summed E-state index contributed by atoms with van der Waals surface area (Å²) >= 11 is 0. The molecule has 7 heteroatoms. The average Bonchev–Trinajstić information content (AvgIpc) is 2.67. The normalized spacial score (nSPS) is 19.3. The van der Waals surface area contributed by atoms with Crippen molar-refractivity contribution in [3.8, 4) is 0 Å². The number of ether oxygens (including phenoxy) is 2. The molecule has 27 heavy (non-hydrogen) atoms. The van der Waals surface area contributed by atoms with E-state index in [1.807, 2.05) is 30.3 Å². The lowest BCUT2D eigenvalue weighted by Gasteiger charge is -2.41. The molecule has 1 saturated heterocycles. The molecule has 1 aromatic rings. The van der Waals surface area contributed by atoms with Crippen LogP contribution in [0.25, 0.3) is 0 Å². The third kappa shape index (κ3) is 5.70. The minimum atomic E-state index is -0.781. The SMILES string of the molecule is CCOC(=O)CNC(=O)N1CCC[C@@](Cc2ccccc2)(C(=O)OCC)C1. The van der Waals surface area contributed by atoms with Gasteiger partial charge in [-0.1, -0.05) is 30.3 Å². The van der Waals surface area contributed by atoms with Crippen molar-refractivity contribution in [3.05, 3.63) is 35.9 Å². The fourth-order valence-electron chi connectivity index (χ4n) is 3.43. The first-order valence-electron chi connectivity index (χ1n) is 9.40. The molecule has 1 fully saturated rings. The second kappa shape index (κ2) is 9.94. The molecular formula is C20H28N2O5. The number of likely N-dealkylation sites (tertiary alicyclic amines) is 1. The topological polar surface area (TPSA) is 84.9 Å². The average molecular weight is 376 g/mol. The standard InChI is InChI=1S/C20H28N2O5/c1-3-26-17(23)14-21-19(25)22-12-8-11-20(15-22,18(24)27-4-2)13-16-9-6-5-7-10-16/h5-7,9-10H,3-4,8,11-15H2,1-2H3,(H,21,25)/t20-/m0/s1. The third-order valence-electron chi connectivity index (χ3n) is 4.65. The number of nitrogens with zero attached hydrogens (tertiary/aromatic N) is 1. The van der Waals surface area contributed by atoms with E-state index in [1.165, 1.54) is 0 Å². The molecule has 0 aliphatic carbocycles. The Morgan fingerprint density at radius 3 is 2.48 bits per heavy atom. The molecule has 0 aromatic heterocycles. The molecule has 0 radical (unpaired) electrons. The van der Waals surface area contributed by atoms with Crippen LogP contribution >= 0.6 is 0 Å². The van der Waals surface area contributed by atoms with Crippen LogP contribution < -0.4 is 5.32 Å². The number of hydrogen-bond donors (Lipinski definition) is 1. The maximum atomic E-state index is 12.8. The fourth-order valence-corrected chi connectivity index (χ4v) is 3.43. The number of urea groups is 1. The van der Waals surface area contributed by atoms with Crippen molar-refractivity contribution in [3.63, 3.8) is 0 Å². The van der Waals surface area contributed by atoms with Crippen LogP contribution in [0, 0.1) is 5.41 Å². The number of nitrogens with one attached hydrogen (secondary N) is 1. The fraction of sp³-hybridized carbons (Fsp3) is 0.550. The predicted octanol–water partition coefficient (Wildman–Crippen LogP) is 2.15. The van der Waals surface area contributed by atoms with Crippen LogP contribution in [0.3, 0.4) is 0 Å². The van der Waals surface area contributed by atoms with Gasteiger partial charge < -0.3 is 19.7 Å². The molecule has 2 rings (SSSR count). The monoisotopic (exact) mass is 376 g/mol. The van der Waals surface area contributed by atoms with Crippen molar-refractivity contribution in [2.45, 2.75) is 33.1 Å². The number of rotatable bonds is 7. The number of carbonyl (C=O) groups is 3. The summed E-state index contributed by atoms with van der Waals surface area (Å²) < 4.78 is 10.2. The Kier molecular flexibility index (Phi) is 7.64. The molecule has 0 bridgehead atoms. The minimum Gasteiger partial charge on any atom is -0.466 e. The Hall–Kier alpha value is -2.57. The van der Waals surface area contributed by atoms with Crippen molar-refractivity contribution >= 4 is 18.0 Å². The van der Waals surface area contributed by atoms with Crippen LogP contribution in [0.5, 0.6) is 0 Å². The molecule has 1 N–H and O–H groups in total. The van der Waals surface area contributed by atoms with Gasteiger partial charge in [-0.25, -0.2) is 4.79 Å². The lowest BCUT2D eigenvalue weighted by atomic mass is 9.75. The summed E-state index contributed by atoms with van der Waals surface area (Å²) in [7, 11) is 0. The Labute approximate surface area is 160 Å². The van der Waals surface area contributed by atoms with E-state index in [0.717, 1.165) is 5.56 Å². The van der Waals surface area contributed by atoms with Gasteiger partial charge in [0.2, 0.25) is 0 Å². The zero-order chi connectivity index (χ0) is 19.7. The van der Waals surface area contributed by atoms with Gasteiger partial charge in [-0.3, -0.25) is 9.59 Å². The van der Waals surface area contributed by atoms with Gasteiger partial charge in [0.25, 0.3) is 0 Å². The van der Waals surface area contributed by atoms with Gasteiger partial charge in [0.1, 0.15) is 6.54 Å². The van der Waals surface area contributed by atoms with E-state index in [0.29, 0.717) is 32.4 Å². The number of benzene rings is 1. The highest BCUT2D eigenvalue weighted by Gasteiger charge is 2.44. The van der Waals surface area contributed by atoms with Gasteiger partial charge in [0.15, 0.2) is 0 Å². The maximum absolute atomic E-state index is 12.8. The molecule has 1 aliphatic rings. The summed E-state index contributed by atoms with van der Waals surface area (Å²) in [6.07, 6.45) is 1.86. The van der Waals surface area contributed by atoms with Crippen LogP contribution in [0.15, 0.2) is 30.3 Å². The van der Waals surface area contributed by atoms with Crippen molar-refractivity contribution < 1.29 is 23.9 Å². The van der Waals surface area contributed by atoms with Gasteiger partial charge in [0.05, 0.1) is 18.6 Å². The van der Waals surface area contributed by atoms with E-state index >= 15 is 0 Å². The Balaban J connectivity index is 2.10. The van der Waals surface area contributed by atoms with Crippen molar-refractivity contribution in [2.75, 3.05) is 32.8 Å². The van der Waals surface area contributed by atoms with E-state index < -0.39 is 11.4 Å². The Bertz CT molecular complexity index is 649. The zero-order valence-corrected chi connectivity index (χ0v) is 16.0. The number of esters is 2. The van der Waals surface area contributed by atoms with Crippen molar-refractivity contribution in [2.24, 2.45) is 5.41 Å². The number of amides is 2. The van der Waals surface area contributed by atoms with E-state index in [2.05, 4.69) is 5.32 Å². The van der Waals surface area contributed by atoms with Gasteiger partial charge >= 0.3 is 18.0 Å². The summed E-state index contributed by atoms with van der Waals surface area (Å²) in [5.74, 6) is -0.763. The van der Waals surface area contributed by atoms with E-state index in [1.54, 1.807) is 18.7 Å². The summed E-state index contributed by atoms with van der Waals surface area (Å²) in [6.45, 7) is 4.66. The quantitative estimate of drug-likeness (QED) is 0.737. The van der Waals surface area contributed by atoms with Gasteiger partial charge in [-0.05, 0) is 38.7 Å². The number of piperidine rings is 1.